The highest BCUT2D eigenvalue weighted by molar-refractivity contribution is 6.04. The molecule has 0 bridgehead atoms. The summed E-state index contributed by atoms with van der Waals surface area (Å²) in [4.78, 5) is 63.4. The number of phenols is 1. The van der Waals surface area contributed by atoms with Crippen LogP contribution < -0.4 is 21.4 Å². The number of aromatic hydroxyl groups is 1. The fourth-order valence-electron chi connectivity index (χ4n) is 13.9. The smallest absolute Gasteiger partial charge is 0.303 e. The van der Waals surface area contributed by atoms with Crippen LogP contribution in [-0.2, 0) is 19.1 Å². The maximum absolute atomic E-state index is 14.7. The second-order valence-electron chi connectivity index (χ2n) is 22.8. The van der Waals surface area contributed by atoms with Gasteiger partial charge >= 0.3 is 5.97 Å². The molecule has 5 aliphatic carbocycles. The van der Waals surface area contributed by atoms with Gasteiger partial charge < -0.3 is 35.3 Å². The van der Waals surface area contributed by atoms with Gasteiger partial charge in [-0.05, 0) is 153 Å². The van der Waals surface area contributed by atoms with E-state index in [1.54, 1.807) is 18.6 Å². The molecular weight excluding hydrogens is 933 g/mol. The third-order valence-corrected chi connectivity index (χ3v) is 17.8. The van der Waals surface area contributed by atoms with Crippen molar-refractivity contribution in [3.8, 4) is 28.2 Å². The third-order valence-electron chi connectivity index (χ3n) is 17.8. The zero-order valence-electron chi connectivity index (χ0n) is 43.5. The summed E-state index contributed by atoms with van der Waals surface area (Å²) in [5.41, 5.74) is 2.90. The van der Waals surface area contributed by atoms with Gasteiger partial charge in [0.15, 0.2) is 17.4 Å². The van der Waals surface area contributed by atoms with Crippen LogP contribution in [-0.4, -0.2) is 65.7 Å². The Bertz CT molecular complexity index is 2770. The number of carbonyl (C=O) groups is 4. The molecule has 73 heavy (non-hydrogen) atoms. The summed E-state index contributed by atoms with van der Waals surface area (Å²) in [6.07, 6.45) is 16.7. The molecule has 0 saturated heterocycles. The van der Waals surface area contributed by atoms with Gasteiger partial charge in [-0.15, -0.1) is 0 Å². The quantitative estimate of drug-likeness (QED) is 0.0327. The first-order valence-corrected chi connectivity index (χ1v) is 26.8. The Kier molecular flexibility index (Phi) is 16.5. The van der Waals surface area contributed by atoms with Crippen molar-refractivity contribution >= 4 is 34.7 Å². The first kappa shape index (κ1) is 53.7. The van der Waals surface area contributed by atoms with Gasteiger partial charge in [-0.1, -0.05) is 71.6 Å². The van der Waals surface area contributed by atoms with Crippen LogP contribution in [0.5, 0.6) is 5.75 Å². The van der Waals surface area contributed by atoms with E-state index in [4.69, 9.17) is 9.15 Å². The standard InChI is InChI=1S/C59H75F2N3O9/c1-33(2)9-7-10-34(3)43-15-16-44-40-14-12-37-28-38(19-22-58(37,5)45(40)20-23-59(43,44)6)72-26-8-24-62-53(67)21-25-63-57(71)48(17-18-54(68)69)64-56(70)36-11-13-39(35(4)27-36)55-41-29-46(60)49(65)31-51(41)73-52-32-50(66)47(61)30-42(52)55/h11-13,27,29-34,38,40,43-45,48,65H,7-10,14-26,28H2,1-6H3,(H,62,67)(H,63,71)(H,64,70)(H,68,69)/t34-,38?,40+,43-,44+,45+,48?,58+,59-/m1/s1. The van der Waals surface area contributed by atoms with Gasteiger partial charge in [-0.3, -0.25) is 24.0 Å². The van der Waals surface area contributed by atoms with Crippen LogP contribution in [0.25, 0.3) is 33.4 Å². The second kappa shape index (κ2) is 22.5. The van der Waals surface area contributed by atoms with E-state index >= 15 is 0 Å². The zero-order valence-corrected chi connectivity index (χ0v) is 43.5. The highest BCUT2D eigenvalue weighted by Crippen LogP contribution is 2.67. The van der Waals surface area contributed by atoms with Gasteiger partial charge in [0.05, 0.1) is 6.10 Å². The van der Waals surface area contributed by atoms with Gasteiger partial charge in [0.1, 0.15) is 17.4 Å². The maximum atomic E-state index is 14.7. The number of benzene rings is 3. The van der Waals surface area contributed by atoms with Gasteiger partial charge in [0.25, 0.3) is 5.91 Å². The minimum atomic E-state index is -1.24. The largest absolute Gasteiger partial charge is 0.505 e. The van der Waals surface area contributed by atoms with E-state index in [2.05, 4.69) is 56.6 Å². The Labute approximate surface area is 427 Å². The highest BCUT2D eigenvalue weighted by Gasteiger charge is 2.59. The van der Waals surface area contributed by atoms with Crippen LogP contribution in [0.1, 0.15) is 147 Å². The fraction of sp³-hybridized carbons (Fsp3) is 0.576. The number of hydrogen-bond acceptors (Lipinski definition) is 8. The van der Waals surface area contributed by atoms with E-state index in [1.807, 2.05) is 0 Å². The number of amides is 3. The van der Waals surface area contributed by atoms with Crippen molar-refractivity contribution in [1.29, 1.82) is 0 Å². The Balaban J connectivity index is 0.789. The molecule has 2 unspecified atom stereocenters. The molecule has 1 aliphatic heterocycles. The molecule has 0 spiro atoms. The molecule has 3 fully saturated rings. The molecule has 8 rings (SSSR count). The van der Waals surface area contributed by atoms with E-state index in [0.717, 1.165) is 79.0 Å². The minimum absolute atomic E-state index is 0.00650. The molecule has 2 aromatic carbocycles. The third kappa shape index (κ3) is 11.5. The average molecular weight is 1010 g/mol. The number of hydrogen-bond donors (Lipinski definition) is 5. The summed E-state index contributed by atoms with van der Waals surface area (Å²) in [7, 11) is 0. The lowest BCUT2D eigenvalue weighted by atomic mass is 9.47. The van der Waals surface area contributed by atoms with E-state index < -0.39 is 53.1 Å². The molecule has 394 valence electrons. The van der Waals surface area contributed by atoms with Gasteiger partial charge in [0.2, 0.25) is 17.2 Å². The molecule has 0 radical (unpaired) electrons. The van der Waals surface area contributed by atoms with Crippen LogP contribution in [0.4, 0.5) is 8.78 Å². The first-order chi connectivity index (χ1) is 34.8. The van der Waals surface area contributed by atoms with Gasteiger partial charge in [-0.25, -0.2) is 8.78 Å². The van der Waals surface area contributed by atoms with Crippen LogP contribution in [0.15, 0.2) is 63.3 Å². The van der Waals surface area contributed by atoms with Crippen molar-refractivity contribution in [2.45, 2.75) is 150 Å². The lowest BCUT2D eigenvalue weighted by Crippen LogP contribution is -2.51. The van der Waals surface area contributed by atoms with Crippen molar-refractivity contribution in [3.63, 3.8) is 0 Å². The average Bonchev–Trinajstić information content (AvgIpc) is 3.70. The fourth-order valence-corrected chi connectivity index (χ4v) is 13.9. The zero-order chi connectivity index (χ0) is 52.4. The number of carboxylic acid groups (broad SMARTS) is 1. The molecule has 2 aromatic rings. The van der Waals surface area contributed by atoms with Crippen molar-refractivity contribution in [2.75, 3.05) is 19.7 Å². The molecule has 14 heteroatoms. The topological polar surface area (TPSA) is 184 Å². The Hall–Kier alpha value is -5.63. The van der Waals surface area contributed by atoms with Gasteiger partial charge in [0, 0.05) is 66.7 Å². The summed E-state index contributed by atoms with van der Waals surface area (Å²) in [5, 5.41) is 27.8. The SMILES string of the molecule is Cc1cc(C(=O)NC(CCC(=O)O)C(=O)NCCC(=O)NCCCOC2CC[C@@]3(C)C(=CC[C@H]4[C@@H]5CC[C@H]([C@H](C)CCCC(C)C)[C@@]5(C)CC[C@@H]43)C2)ccc1-c1c2cc(F)c(=O)cc-2oc2cc(O)c(F)cc12. The summed E-state index contributed by atoms with van der Waals surface area (Å²) in [5.74, 6) is -0.644. The Morgan fingerprint density at radius 3 is 2.41 bits per heavy atom. The number of carbonyl (C=O) groups excluding carboxylic acids is 3. The van der Waals surface area contributed by atoms with Crippen LogP contribution in [0, 0.1) is 64.9 Å². The number of aryl methyl sites for hydroxylation is 1. The molecule has 6 aliphatic rings. The highest BCUT2D eigenvalue weighted by atomic mass is 19.1. The molecule has 3 saturated carbocycles. The van der Waals surface area contributed by atoms with E-state index in [9.17, 15) is 43.0 Å². The van der Waals surface area contributed by atoms with Crippen molar-refractivity contribution in [1.82, 2.24) is 16.0 Å². The molecule has 3 amide bonds. The van der Waals surface area contributed by atoms with Gasteiger partial charge in [-0.2, -0.15) is 0 Å². The number of nitrogens with one attached hydrogen (secondary N) is 3. The lowest BCUT2D eigenvalue weighted by Gasteiger charge is -2.58. The predicted octanol–water partition coefficient (Wildman–Crippen LogP) is 11.3. The normalized spacial score (nSPS) is 25.3. The molecule has 9 atom stereocenters. The number of allylic oxidation sites excluding steroid dienone is 1. The number of fused-ring (bicyclic) bond motifs is 7. The van der Waals surface area contributed by atoms with Crippen molar-refractivity contribution < 1.29 is 47.3 Å². The Morgan fingerprint density at radius 2 is 1.66 bits per heavy atom. The molecule has 0 aromatic heterocycles. The van der Waals surface area contributed by atoms with Crippen LogP contribution in [0.3, 0.4) is 0 Å². The van der Waals surface area contributed by atoms with Crippen molar-refractivity contribution in [2.24, 2.45) is 46.3 Å². The summed E-state index contributed by atoms with van der Waals surface area (Å²) >= 11 is 0. The van der Waals surface area contributed by atoms with E-state index in [-0.39, 0.29) is 70.2 Å². The number of halogens is 2. The van der Waals surface area contributed by atoms with Crippen LogP contribution >= 0.6 is 0 Å². The Morgan fingerprint density at radius 1 is 0.863 bits per heavy atom. The van der Waals surface area contributed by atoms with E-state index in [1.165, 1.54) is 63.5 Å². The molecular formula is C59H75F2N3O9. The summed E-state index contributed by atoms with van der Waals surface area (Å²) < 4.78 is 41.5. The predicted molar refractivity (Wildman–Crippen MR) is 277 cm³/mol. The number of phenolic OH excluding ortho intramolecular Hbond substituents is 1. The molecule has 1 heterocycles. The number of ether oxygens (including phenoxy) is 1. The number of rotatable bonds is 20. The van der Waals surface area contributed by atoms with Crippen LogP contribution in [0.2, 0.25) is 0 Å². The second-order valence-corrected chi connectivity index (χ2v) is 22.8. The minimum Gasteiger partial charge on any atom is -0.505 e. The monoisotopic (exact) mass is 1010 g/mol. The maximum Gasteiger partial charge on any atom is 0.303 e. The lowest BCUT2D eigenvalue weighted by molar-refractivity contribution is -0.137. The number of carboxylic acids is 1. The number of aliphatic carboxylic acids is 1. The summed E-state index contributed by atoms with van der Waals surface area (Å²) in [6.45, 7) is 15.0. The molecule has 5 N–H and O–H groups in total. The van der Waals surface area contributed by atoms with Crippen molar-refractivity contribution in [3.05, 3.63) is 87.1 Å². The first-order valence-electron chi connectivity index (χ1n) is 26.8. The van der Waals surface area contributed by atoms with E-state index in [0.29, 0.717) is 36.1 Å². The molecule has 12 nitrogen and oxygen atoms in total. The summed E-state index contributed by atoms with van der Waals surface area (Å²) in [6, 6.07) is 7.28.